The second-order valence-electron chi connectivity index (χ2n) is 3.58. The zero-order valence-electron chi connectivity index (χ0n) is 8.75. The molecule has 1 atom stereocenters. The highest BCUT2D eigenvalue weighted by Crippen LogP contribution is 2.28. The molecule has 0 amide bonds. The minimum absolute atomic E-state index is 0.0893. The van der Waals surface area contributed by atoms with Crippen LogP contribution in [0.5, 0.6) is 0 Å². The Bertz CT molecular complexity index is 433. The molecule has 0 aromatic carbocycles. The number of aryl methyl sites for hydroxylation is 2. The van der Waals surface area contributed by atoms with E-state index in [0.717, 1.165) is 22.9 Å². The van der Waals surface area contributed by atoms with Gasteiger partial charge in [0, 0.05) is 24.4 Å². The molecule has 3 nitrogen and oxygen atoms in total. The van der Waals surface area contributed by atoms with Crippen molar-refractivity contribution in [3.63, 3.8) is 0 Å². The van der Waals surface area contributed by atoms with E-state index in [9.17, 15) is 0 Å². The molecule has 0 radical (unpaired) electrons. The van der Waals surface area contributed by atoms with E-state index in [2.05, 4.69) is 9.97 Å². The summed E-state index contributed by atoms with van der Waals surface area (Å²) in [6.45, 7) is 3.85. The Morgan fingerprint density at radius 2 is 2.33 bits per heavy atom. The van der Waals surface area contributed by atoms with Gasteiger partial charge in [0.05, 0.1) is 5.38 Å². The second kappa shape index (κ2) is 4.11. The number of alkyl halides is 1. The molecule has 80 valence electrons. The topological polar surface area (TPSA) is 41.8 Å². The number of furan rings is 1. The maximum absolute atomic E-state index is 6.30. The lowest BCUT2D eigenvalue weighted by atomic mass is 10.1. The summed E-state index contributed by atoms with van der Waals surface area (Å²) in [6.07, 6.45) is 4.22. The fourth-order valence-electron chi connectivity index (χ4n) is 1.65. The molecule has 1 N–H and O–H groups in total. The molecule has 0 bridgehead atoms. The highest BCUT2D eigenvalue weighted by Gasteiger charge is 2.15. The lowest BCUT2D eigenvalue weighted by Crippen LogP contribution is -1.97. The predicted molar refractivity (Wildman–Crippen MR) is 59.1 cm³/mol. The lowest BCUT2D eigenvalue weighted by Gasteiger charge is -2.05. The maximum Gasteiger partial charge on any atom is 0.107 e. The first-order valence-corrected chi connectivity index (χ1v) is 5.29. The number of aromatic amines is 1. The van der Waals surface area contributed by atoms with E-state index in [1.807, 2.05) is 19.9 Å². The number of nitrogens with zero attached hydrogens (tertiary/aromatic N) is 1. The summed E-state index contributed by atoms with van der Waals surface area (Å²) in [6, 6.07) is 1.98. The van der Waals surface area contributed by atoms with E-state index in [-0.39, 0.29) is 5.38 Å². The highest BCUT2D eigenvalue weighted by atomic mass is 35.5. The number of H-pyrrole nitrogens is 1. The van der Waals surface area contributed by atoms with Crippen LogP contribution in [0, 0.1) is 13.8 Å². The third-order valence-electron chi connectivity index (χ3n) is 2.34. The Hall–Kier alpha value is -1.22. The van der Waals surface area contributed by atoms with E-state index in [1.165, 1.54) is 0 Å². The van der Waals surface area contributed by atoms with E-state index < -0.39 is 0 Å². The molecule has 0 fully saturated rings. The Morgan fingerprint density at radius 1 is 1.53 bits per heavy atom. The molecule has 0 saturated heterocycles. The van der Waals surface area contributed by atoms with Crippen molar-refractivity contribution in [1.29, 1.82) is 0 Å². The average molecular weight is 225 g/mol. The van der Waals surface area contributed by atoms with Crippen LogP contribution in [0.25, 0.3) is 0 Å². The van der Waals surface area contributed by atoms with Gasteiger partial charge >= 0.3 is 0 Å². The summed E-state index contributed by atoms with van der Waals surface area (Å²) >= 11 is 6.30. The van der Waals surface area contributed by atoms with Gasteiger partial charge in [0.2, 0.25) is 0 Å². The fourth-order valence-corrected chi connectivity index (χ4v) is 2.01. The van der Waals surface area contributed by atoms with Gasteiger partial charge < -0.3 is 9.40 Å². The van der Waals surface area contributed by atoms with Crippen molar-refractivity contribution < 1.29 is 4.42 Å². The third kappa shape index (κ3) is 2.23. The maximum atomic E-state index is 6.30. The fraction of sp³-hybridized carbons (Fsp3) is 0.364. The Labute approximate surface area is 93.5 Å². The predicted octanol–water partition coefficient (Wildman–Crippen LogP) is 3.14. The van der Waals surface area contributed by atoms with Gasteiger partial charge in [0.1, 0.15) is 17.3 Å². The Morgan fingerprint density at radius 3 is 2.87 bits per heavy atom. The molecule has 0 aliphatic carbocycles. The molecular formula is C11H13ClN2O. The molecule has 2 aromatic heterocycles. The number of hydrogen-bond donors (Lipinski definition) is 1. The van der Waals surface area contributed by atoms with Gasteiger partial charge in [0.15, 0.2) is 0 Å². The van der Waals surface area contributed by atoms with Crippen molar-refractivity contribution in [1.82, 2.24) is 9.97 Å². The molecule has 0 saturated carbocycles. The smallest absolute Gasteiger partial charge is 0.107 e. The Kier molecular flexibility index (Phi) is 2.82. The van der Waals surface area contributed by atoms with Gasteiger partial charge in [-0.15, -0.1) is 11.6 Å². The quantitative estimate of drug-likeness (QED) is 0.814. The normalized spacial score (nSPS) is 13.0. The van der Waals surface area contributed by atoms with Crippen LogP contribution in [0.3, 0.4) is 0 Å². The number of imidazole rings is 1. The van der Waals surface area contributed by atoms with E-state index in [4.69, 9.17) is 16.0 Å². The van der Waals surface area contributed by atoms with Gasteiger partial charge in [-0.1, -0.05) is 0 Å². The van der Waals surface area contributed by atoms with E-state index in [0.29, 0.717) is 6.42 Å². The SMILES string of the molecule is Cc1cc(C(Cl)Cc2ncc[nH]2)c(C)o1. The minimum atomic E-state index is -0.0893. The zero-order chi connectivity index (χ0) is 10.8. The van der Waals surface area contributed by atoms with Crippen molar-refractivity contribution in [2.75, 3.05) is 0 Å². The van der Waals surface area contributed by atoms with Crippen molar-refractivity contribution in [2.24, 2.45) is 0 Å². The second-order valence-corrected chi connectivity index (χ2v) is 4.10. The number of rotatable bonds is 3. The van der Waals surface area contributed by atoms with Crippen LogP contribution in [-0.4, -0.2) is 9.97 Å². The van der Waals surface area contributed by atoms with Crippen LogP contribution >= 0.6 is 11.6 Å². The standard InChI is InChI=1S/C11H13ClN2O/c1-7-5-9(8(2)15-7)10(12)6-11-13-3-4-14-11/h3-5,10H,6H2,1-2H3,(H,13,14). The molecule has 2 heterocycles. The van der Waals surface area contributed by atoms with Crippen molar-refractivity contribution in [2.45, 2.75) is 25.6 Å². The van der Waals surface area contributed by atoms with Crippen LogP contribution in [0.4, 0.5) is 0 Å². The average Bonchev–Trinajstić information content (AvgIpc) is 2.75. The van der Waals surface area contributed by atoms with E-state index in [1.54, 1.807) is 12.4 Å². The molecule has 4 heteroatoms. The lowest BCUT2D eigenvalue weighted by molar-refractivity contribution is 0.500. The summed E-state index contributed by atoms with van der Waals surface area (Å²) in [5.74, 6) is 2.68. The summed E-state index contributed by atoms with van der Waals surface area (Å²) < 4.78 is 5.44. The molecule has 15 heavy (non-hydrogen) atoms. The van der Waals surface area contributed by atoms with Gasteiger partial charge in [-0.2, -0.15) is 0 Å². The van der Waals surface area contributed by atoms with Gasteiger partial charge in [-0.3, -0.25) is 0 Å². The minimum Gasteiger partial charge on any atom is -0.466 e. The van der Waals surface area contributed by atoms with Crippen LogP contribution in [-0.2, 0) is 6.42 Å². The first-order chi connectivity index (χ1) is 7.16. The summed E-state index contributed by atoms with van der Waals surface area (Å²) in [7, 11) is 0. The monoisotopic (exact) mass is 224 g/mol. The van der Waals surface area contributed by atoms with Gasteiger partial charge in [-0.25, -0.2) is 4.98 Å². The zero-order valence-corrected chi connectivity index (χ0v) is 9.51. The first kappa shape index (κ1) is 10.3. The molecular weight excluding hydrogens is 212 g/mol. The molecule has 0 spiro atoms. The van der Waals surface area contributed by atoms with Crippen molar-refractivity contribution in [3.8, 4) is 0 Å². The van der Waals surface area contributed by atoms with Crippen molar-refractivity contribution >= 4 is 11.6 Å². The molecule has 0 aliphatic heterocycles. The Balaban J connectivity index is 2.14. The number of hydrogen-bond acceptors (Lipinski definition) is 2. The molecule has 2 aromatic rings. The number of aromatic nitrogens is 2. The molecule has 0 aliphatic rings. The summed E-state index contributed by atoms with van der Waals surface area (Å²) in [4.78, 5) is 7.19. The number of nitrogens with one attached hydrogen (secondary N) is 1. The van der Waals surface area contributed by atoms with Crippen LogP contribution in [0.15, 0.2) is 22.9 Å². The number of halogens is 1. The third-order valence-corrected chi connectivity index (χ3v) is 2.73. The highest BCUT2D eigenvalue weighted by molar-refractivity contribution is 6.21. The van der Waals surface area contributed by atoms with Crippen molar-refractivity contribution in [3.05, 3.63) is 41.4 Å². The largest absolute Gasteiger partial charge is 0.466 e. The molecule has 2 rings (SSSR count). The summed E-state index contributed by atoms with van der Waals surface area (Å²) in [5, 5.41) is -0.0893. The van der Waals surface area contributed by atoms with Crippen LogP contribution < -0.4 is 0 Å². The first-order valence-electron chi connectivity index (χ1n) is 4.86. The van der Waals surface area contributed by atoms with Crippen LogP contribution in [0.2, 0.25) is 0 Å². The van der Waals surface area contributed by atoms with Gasteiger partial charge in [0.25, 0.3) is 0 Å². The van der Waals surface area contributed by atoms with Gasteiger partial charge in [-0.05, 0) is 19.9 Å². The molecule has 1 unspecified atom stereocenters. The summed E-state index contributed by atoms with van der Waals surface area (Å²) in [5.41, 5.74) is 1.05. The van der Waals surface area contributed by atoms with E-state index >= 15 is 0 Å². The van der Waals surface area contributed by atoms with Crippen LogP contribution in [0.1, 0.15) is 28.3 Å².